The van der Waals surface area contributed by atoms with Crippen LogP contribution in [0.25, 0.3) is 10.9 Å². The molecule has 2 aromatic rings. The minimum absolute atomic E-state index is 0.0161. The molecule has 0 amide bonds. The maximum absolute atomic E-state index is 12.2. The lowest BCUT2D eigenvalue weighted by Crippen LogP contribution is -2.40. The van der Waals surface area contributed by atoms with Crippen molar-refractivity contribution >= 4 is 41.3 Å². The van der Waals surface area contributed by atoms with Crippen LogP contribution in [0.4, 0.5) is 4.79 Å². The third-order valence-electron chi connectivity index (χ3n) is 2.66. The van der Waals surface area contributed by atoms with E-state index in [1.54, 1.807) is 39.0 Å². The van der Waals surface area contributed by atoms with E-state index in [1.165, 1.54) is 6.07 Å². The molecule has 0 aliphatic heterocycles. The molecular formula is C13H15BClNO4. The molecule has 7 heteroatoms. The highest BCUT2D eigenvalue weighted by atomic mass is 35.5. The van der Waals surface area contributed by atoms with Crippen LogP contribution in [-0.2, 0) is 4.74 Å². The van der Waals surface area contributed by atoms with Crippen LogP contribution in [0.3, 0.4) is 0 Å². The molecule has 0 unspecified atom stereocenters. The highest BCUT2D eigenvalue weighted by molar-refractivity contribution is 6.59. The zero-order chi connectivity index (χ0) is 15.1. The number of halogens is 1. The molecule has 20 heavy (non-hydrogen) atoms. The quantitative estimate of drug-likeness (QED) is 0.786. The van der Waals surface area contributed by atoms with Gasteiger partial charge in [-0.1, -0.05) is 17.7 Å². The smallest absolute Gasteiger partial charge is 0.443 e. The Balaban J connectivity index is 2.63. The van der Waals surface area contributed by atoms with Crippen molar-refractivity contribution in [1.29, 1.82) is 0 Å². The van der Waals surface area contributed by atoms with Gasteiger partial charge in [-0.2, -0.15) is 0 Å². The summed E-state index contributed by atoms with van der Waals surface area (Å²) in [5.41, 5.74) is -0.207. The van der Waals surface area contributed by atoms with E-state index in [0.717, 1.165) is 4.57 Å². The molecule has 0 aliphatic rings. The molecule has 0 atom stereocenters. The summed E-state index contributed by atoms with van der Waals surface area (Å²) in [6, 6.07) is 6.47. The Morgan fingerprint density at radius 1 is 1.35 bits per heavy atom. The molecule has 0 aliphatic carbocycles. The second-order valence-corrected chi connectivity index (χ2v) is 5.84. The molecule has 106 valence electrons. The van der Waals surface area contributed by atoms with Crippen molar-refractivity contribution in [2.75, 3.05) is 0 Å². The predicted molar refractivity (Wildman–Crippen MR) is 78.4 cm³/mol. The van der Waals surface area contributed by atoms with Crippen molar-refractivity contribution in [3.05, 3.63) is 29.3 Å². The predicted octanol–water partition coefficient (Wildman–Crippen LogP) is 1.76. The van der Waals surface area contributed by atoms with Crippen LogP contribution in [0, 0.1) is 0 Å². The Kier molecular flexibility index (Phi) is 3.82. The summed E-state index contributed by atoms with van der Waals surface area (Å²) in [5, 5.41) is 19.8. The second kappa shape index (κ2) is 5.12. The average Bonchev–Trinajstić information content (AvgIpc) is 2.67. The highest BCUT2D eigenvalue weighted by Crippen LogP contribution is 2.24. The molecule has 0 fully saturated rings. The molecule has 0 spiro atoms. The molecule has 2 N–H and O–H groups in total. The fourth-order valence-electron chi connectivity index (χ4n) is 1.92. The van der Waals surface area contributed by atoms with Gasteiger partial charge >= 0.3 is 13.2 Å². The molecule has 1 aromatic heterocycles. The Hall–Kier alpha value is -1.50. The number of nitrogens with zero attached hydrogens (tertiary/aromatic N) is 1. The minimum atomic E-state index is -1.80. The lowest BCUT2D eigenvalue weighted by Gasteiger charge is -2.20. The first-order valence-electron chi connectivity index (χ1n) is 6.10. The first kappa shape index (κ1) is 14.9. The fourth-order valence-corrected chi connectivity index (χ4v) is 2.14. The van der Waals surface area contributed by atoms with Gasteiger partial charge in [-0.05, 0) is 39.0 Å². The van der Waals surface area contributed by atoms with E-state index in [2.05, 4.69) is 0 Å². The number of benzene rings is 1. The number of rotatable bonds is 1. The maximum Gasteiger partial charge on any atom is 0.506 e. The Morgan fingerprint density at radius 2 is 2.00 bits per heavy atom. The number of aromatic nitrogens is 1. The molecule has 1 aromatic carbocycles. The molecule has 5 nitrogen and oxygen atoms in total. The number of hydrogen-bond donors (Lipinski definition) is 2. The van der Waals surface area contributed by atoms with Gasteiger partial charge in [-0.3, -0.25) is 4.57 Å². The lowest BCUT2D eigenvalue weighted by atomic mass is 9.86. The van der Waals surface area contributed by atoms with Gasteiger partial charge in [0.05, 0.1) is 11.1 Å². The van der Waals surface area contributed by atoms with Crippen molar-refractivity contribution in [3.8, 4) is 0 Å². The number of carbonyl (C=O) groups excluding carboxylic acids is 1. The van der Waals surface area contributed by atoms with Crippen LogP contribution in [0.5, 0.6) is 0 Å². The number of carbonyl (C=O) groups is 1. The summed E-state index contributed by atoms with van der Waals surface area (Å²) >= 11 is 6.06. The van der Waals surface area contributed by atoms with Crippen LogP contribution in [-0.4, -0.2) is 33.4 Å². The first-order valence-corrected chi connectivity index (χ1v) is 6.48. The molecule has 2 rings (SSSR count). The topological polar surface area (TPSA) is 71.7 Å². The summed E-state index contributed by atoms with van der Waals surface area (Å²) in [5.74, 6) is 0. The third-order valence-corrected chi connectivity index (χ3v) is 2.99. The maximum atomic E-state index is 12.2. The highest BCUT2D eigenvalue weighted by Gasteiger charge is 2.27. The van der Waals surface area contributed by atoms with Crippen LogP contribution >= 0.6 is 11.6 Å². The largest absolute Gasteiger partial charge is 0.506 e. The Labute approximate surface area is 121 Å². The number of ether oxygens (including phenoxy) is 1. The van der Waals surface area contributed by atoms with E-state index < -0.39 is 18.8 Å². The number of hydrogen-bond acceptors (Lipinski definition) is 4. The van der Waals surface area contributed by atoms with Crippen molar-refractivity contribution in [1.82, 2.24) is 4.57 Å². The van der Waals surface area contributed by atoms with Gasteiger partial charge in [0.25, 0.3) is 0 Å². The second-order valence-electron chi connectivity index (χ2n) is 5.43. The van der Waals surface area contributed by atoms with E-state index in [1.807, 2.05) is 0 Å². The Morgan fingerprint density at radius 3 is 2.55 bits per heavy atom. The zero-order valence-electron chi connectivity index (χ0n) is 11.4. The van der Waals surface area contributed by atoms with Crippen LogP contribution < -0.4 is 5.59 Å². The molecule has 0 saturated carbocycles. The van der Waals surface area contributed by atoms with Gasteiger partial charge in [0.2, 0.25) is 0 Å². The van der Waals surface area contributed by atoms with Crippen molar-refractivity contribution < 1.29 is 19.6 Å². The standard InChI is InChI=1S/C13H15BClNO4/c1-13(2,3)20-12(17)16-10-6-4-5-9(15)8(10)7-11(16)14(18)19/h4-7,18-19H,1-3H3. The van der Waals surface area contributed by atoms with Crippen LogP contribution in [0.2, 0.25) is 5.02 Å². The monoisotopic (exact) mass is 295 g/mol. The molecule has 0 saturated heterocycles. The van der Waals surface area contributed by atoms with Gasteiger partial charge in [0.1, 0.15) is 5.60 Å². The van der Waals surface area contributed by atoms with Crippen molar-refractivity contribution in [3.63, 3.8) is 0 Å². The van der Waals surface area contributed by atoms with E-state index in [4.69, 9.17) is 16.3 Å². The van der Waals surface area contributed by atoms with Crippen molar-refractivity contribution in [2.24, 2.45) is 0 Å². The van der Waals surface area contributed by atoms with E-state index in [-0.39, 0.29) is 5.59 Å². The van der Waals surface area contributed by atoms with Crippen LogP contribution in [0.15, 0.2) is 24.3 Å². The molecular weight excluding hydrogens is 280 g/mol. The zero-order valence-corrected chi connectivity index (χ0v) is 12.2. The van der Waals surface area contributed by atoms with E-state index in [0.29, 0.717) is 15.9 Å². The summed E-state index contributed by atoms with van der Waals surface area (Å²) in [7, 11) is -1.80. The molecule has 1 heterocycles. The fraction of sp³-hybridized carbons (Fsp3) is 0.308. The summed E-state index contributed by atoms with van der Waals surface area (Å²) in [6.45, 7) is 5.20. The van der Waals surface area contributed by atoms with Gasteiger partial charge in [-0.15, -0.1) is 0 Å². The number of fused-ring (bicyclic) bond motifs is 1. The average molecular weight is 296 g/mol. The SMILES string of the molecule is CC(C)(C)OC(=O)n1c(B(O)O)cc2c(Cl)cccc21. The van der Waals surface area contributed by atoms with Gasteiger partial charge < -0.3 is 14.8 Å². The summed E-state index contributed by atoms with van der Waals surface area (Å²) in [6.07, 6.45) is -0.683. The Bertz CT molecular complexity index is 660. The molecule has 0 radical (unpaired) electrons. The van der Waals surface area contributed by atoms with Crippen molar-refractivity contribution in [2.45, 2.75) is 26.4 Å². The minimum Gasteiger partial charge on any atom is -0.443 e. The normalized spacial score (nSPS) is 11.7. The van der Waals surface area contributed by atoms with Crippen LogP contribution in [0.1, 0.15) is 20.8 Å². The summed E-state index contributed by atoms with van der Waals surface area (Å²) in [4.78, 5) is 12.2. The van der Waals surface area contributed by atoms with Gasteiger partial charge in [0, 0.05) is 10.4 Å². The lowest BCUT2D eigenvalue weighted by molar-refractivity contribution is 0.0548. The van der Waals surface area contributed by atoms with E-state index in [9.17, 15) is 14.8 Å². The first-order chi connectivity index (χ1) is 9.20. The third kappa shape index (κ3) is 2.82. The van der Waals surface area contributed by atoms with Gasteiger partial charge in [0.15, 0.2) is 0 Å². The summed E-state index contributed by atoms with van der Waals surface area (Å²) < 4.78 is 6.40. The van der Waals surface area contributed by atoms with E-state index >= 15 is 0 Å². The van der Waals surface area contributed by atoms with Gasteiger partial charge in [-0.25, -0.2) is 4.79 Å². The molecule has 0 bridgehead atoms.